The Morgan fingerprint density at radius 1 is 0.939 bits per heavy atom. The highest BCUT2D eigenvalue weighted by atomic mass is 16.5. The molecule has 0 radical (unpaired) electrons. The first-order valence-electron chi connectivity index (χ1n) is 10.6. The maximum atomic E-state index is 5.87. The SMILES string of the molecule is CNc1nc2c3c(c[nH]c3n1)-c1ccc3ncc(cc3c1)OCCOc1cncc(c1)/C=C/2. The fourth-order valence-electron chi connectivity index (χ4n) is 3.98. The van der Waals surface area contributed by atoms with Crippen molar-refractivity contribution < 1.29 is 9.47 Å². The molecular formula is C25H20N6O2. The van der Waals surface area contributed by atoms with Gasteiger partial charge in [0, 0.05) is 30.4 Å². The van der Waals surface area contributed by atoms with Gasteiger partial charge in [-0.15, -0.1) is 0 Å². The van der Waals surface area contributed by atoms with Crippen molar-refractivity contribution in [2.24, 2.45) is 0 Å². The Bertz CT molecular complexity index is 1520. The highest BCUT2D eigenvalue weighted by molar-refractivity contribution is 6.01. The lowest BCUT2D eigenvalue weighted by atomic mass is 10.0. The molecule has 0 saturated heterocycles. The van der Waals surface area contributed by atoms with E-state index < -0.39 is 0 Å². The van der Waals surface area contributed by atoms with Crippen molar-refractivity contribution in [1.29, 1.82) is 0 Å². The Morgan fingerprint density at radius 3 is 2.70 bits per heavy atom. The number of hydrogen-bond donors (Lipinski definition) is 2. The molecule has 2 N–H and O–H groups in total. The largest absolute Gasteiger partial charge is 0.488 e. The molecule has 1 aliphatic rings. The van der Waals surface area contributed by atoms with Crippen molar-refractivity contribution in [3.63, 3.8) is 0 Å². The lowest BCUT2D eigenvalue weighted by Gasteiger charge is -2.09. The van der Waals surface area contributed by atoms with Crippen LogP contribution in [-0.4, -0.2) is 45.2 Å². The van der Waals surface area contributed by atoms with E-state index in [1.54, 1.807) is 25.6 Å². The Hall–Kier alpha value is -4.46. The van der Waals surface area contributed by atoms with E-state index in [9.17, 15) is 0 Å². The molecule has 0 saturated carbocycles. The van der Waals surface area contributed by atoms with Gasteiger partial charge in [0.15, 0.2) is 0 Å². The second-order valence-electron chi connectivity index (χ2n) is 7.67. The first kappa shape index (κ1) is 19.2. The quantitative estimate of drug-likeness (QED) is 0.398. The predicted molar refractivity (Wildman–Crippen MR) is 128 cm³/mol. The Balaban J connectivity index is 1.59. The van der Waals surface area contributed by atoms with E-state index in [0.717, 1.165) is 44.3 Å². The molecule has 5 bridgehead atoms. The van der Waals surface area contributed by atoms with Gasteiger partial charge >= 0.3 is 0 Å². The van der Waals surface area contributed by atoms with Gasteiger partial charge in [0.1, 0.15) is 30.4 Å². The number of anilines is 1. The van der Waals surface area contributed by atoms with Gasteiger partial charge in [0.25, 0.3) is 0 Å². The van der Waals surface area contributed by atoms with E-state index in [0.29, 0.717) is 30.7 Å². The number of fused-ring (bicyclic) bond motifs is 5. The number of aromatic amines is 1. The molecule has 0 atom stereocenters. The van der Waals surface area contributed by atoms with Crippen LogP contribution in [0.2, 0.25) is 0 Å². The predicted octanol–water partition coefficient (Wildman–Crippen LogP) is 4.55. The standard InChI is InChI=1S/C25H20N6O2/c1-26-25-30-22-4-2-15-8-18(12-27-11-15)32-6-7-33-19-10-17-9-16(3-5-21(17)28-13-19)20-14-29-24(31-25)23(20)22/h2-5,8-14H,6-7H2,1H3,(H2,26,29,30,31)/b4-2+. The zero-order valence-corrected chi connectivity index (χ0v) is 17.9. The van der Waals surface area contributed by atoms with Crippen molar-refractivity contribution >= 4 is 40.0 Å². The number of pyridine rings is 2. The van der Waals surface area contributed by atoms with Crippen LogP contribution in [0, 0.1) is 0 Å². The second kappa shape index (κ2) is 7.90. The van der Waals surface area contributed by atoms with Crippen molar-refractivity contribution in [3.05, 3.63) is 66.4 Å². The number of benzene rings is 1. The summed E-state index contributed by atoms with van der Waals surface area (Å²) in [4.78, 5) is 21.5. The van der Waals surface area contributed by atoms with Crippen LogP contribution in [0.1, 0.15) is 11.3 Å². The molecule has 0 spiro atoms. The van der Waals surface area contributed by atoms with Crippen LogP contribution in [0.4, 0.5) is 5.95 Å². The van der Waals surface area contributed by atoms with Crippen molar-refractivity contribution in [2.45, 2.75) is 0 Å². The molecular weight excluding hydrogens is 416 g/mol. The number of H-pyrrole nitrogens is 1. The summed E-state index contributed by atoms with van der Waals surface area (Å²) in [5.41, 5.74) is 5.42. The fraction of sp³-hybridized carbons (Fsp3) is 0.120. The van der Waals surface area contributed by atoms with E-state index in [4.69, 9.17) is 14.5 Å². The van der Waals surface area contributed by atoms with E-state index >= 15 is 0 Å². The maximum Gasteiger partial charge on any atom is 0.224 e. The fourth-order valence-corrected chi connectivity index (χ4v) is 3.98. The van der Waals surface area contributed by atoms with Gasteiger partial charge < -0.3 is 19.8 Å². The van der Waals surface area contributed by atoms with Crippen LogP contribution in [0.3, 0.4) is 0 Å². The molecule has 1 aliphatic heterocycles. The third-order valence-corrected chi connectivity index (χ3v) is 5.54. The molecule has 5 aromatic rings. The van der Waals surface area contributed by atoms with Crippen LogP contribution in [0.25, 0.3) is 45.2 Å². The summed E-state index contributed by atoms with van der Waals surface area (Å²) in [6.07, 6.45) is 11.1. The molecule has 4 aromatic heterocycles. The van der Waals surface area contributed by atoms with Gasteiger partial charge in [-0.3, -0.25) is 9.97 Å². The second-order valence-corrected chi connectivity index (χ2v) is 7.67. The molecule has 0 amide bonds. The molecule has 0 aliphatic carbocycles. The number of hydrogen-bond acceptors (Lipinski definition) is 7. The minimum Gasteiger partial charge on any atom is -0.488 e. The summed E-state index contributed by atoms with van der Waals surface area (Å²) in [6, 6.07) is 10.1. The lowest BCUT2D eigenvalue weighted by Crippen LogP contribution is -2.09. The van der Waals surface area contributed by atoms with E-state index in [-0.39, 0.29) is 0 Å². The summed E-state index contributed by atoms with van der Waals surface area (Å²) in [6.45, 7) is 0.801. The molecule has 6 rings (SSSR count). The van der Waals surface area contributed by atoms with Crippen molar-refractivity contribution in [1.82, 2.24) is 24.9 Å². The summed E-state index contributed by atoms with van der Waals surface area (Å²) < 4.78 is 11.7. The Morgan fingerprint density at radius 2 is 1.82 bits per heavy atom. The van der Waals surface area contributed by atoms with Crippen molar-refractivity contribution in [3.8, 4) is 22.6 Å². The van der Waals surface area contributed by atoms with Crippen LogP contribution >= 0.6 is 0 Å². The molecule has 0 unspecified atom stereocenters. The minimum atomic E-state index is 0.399. The molecule has 8 nitrogen and oxygen atoms in total. The summed E-state index contributed by atoms with van der Waals surface area (Å²) in [5.74, 6) is 1.92. The number of nitrogens with zero attached hydrogens (tertiary/aromatic N) is 4. The number of rotatable bonds is 1. The van der Waals surface area contributed by atoms with Gasteiger partial charge in [-0.25, -0.2) is 4.98 Å². The Kier molecular flexibility index (Phi) is 4.61. The van der Waals surface area contributed by atoms with Gasteiger partial charge in [-0.1, -0.05) is 12.1 Å². The average molecular weight is 436 g/mol. The van der Waals surface area contributed by atoms with Crippen LogP contribution in [-0.2, 0) is 0 Å². The zero-order chi connectivity index (χ0) is 22.2. The monoisotopic (exact) mass is 436 g/mol. The normalized spacial score (nSPS) is 14.1. The summed E-state index contributed by atoms with van der Waals surface area (Å²) >= 11 is 0. The van der Waals surface area contributed by atoms with Crippen LogP contribution in [0.5, 0.6) is 11.5 Å². The highest BCUT2D eigenvalue weighted by Crippen LogP contribution is 2.33. The van der Waals surface area contributed by atoms with E-state index in [1.165, 1.54) is 0 Å². The highest BCUT2D eigenvalue weighted by Gasteiger charge is 2.14. The summed E-state index contributed by atoms with van der Waals surface area (Å²) in [5, 5.41) is 4.97. The van der Waals surface area contributed by atoms with Gasteiger partial charge in [0.2, 0.25) is 5.95 Å². The van der Waals surface area contributed by atoms with Gasteiger partial charge in [0.05, 0.1) is 29.0 Å². The summed E-state index contributed by atoms with van der Waals surface area (Å²) in [7, 11) is 1.81. The smallest absolute Gasteiger partial charge is 0.224 e. The molecule has 8 heteroatoms. The third kappa shape index (κ3) is 3.61. The zero-order valence-electron chi connectivity index (χ0n) is 17.9. The first-order valence-corrected chi connectivity index (χ1v) is 10.6. The third-order valence-electron chi connectivity index (χ3n) is 5.54. The topological polar surface area (TPSA) is 97.8 Å². The van der Waals surface area contributed by atoms with Crippen molar-refractivity contribution in [2.75, 3.05) is 25.6 Å². The average Bonchev–Trinajstić information content (AvgIpc) is 3.28. The van der Waals surface area contributed by atoms with Crippen LogP contribution < -0.4 is 14.8 Å². The minimum absolute atomic E-state index is 0.399. The van der Waals surface area contributed by atoms with Gasteiger partial charge in [-0.05, 0) is 41.5 Å². The first-order chi connectivity index (χ1) is 16.3. The van der Waals surface area contributed by atoms with E-state index in [2.05, 4.69) is 37.4 Å². The molecule has 5 heterocycles. The maximum absolute atomic E-state index is 5.87. The Labute approximate surface area is 189 Å². The number of nitrogens with one attached hydrogen (secondary N) is 2. The molecule has 33 heavy (non-hydrogen) atoms. The van der Waals surface area contributed by atoms with Gasteiger partial charge in [-0.2, -0.15) is 4.98 Å². The van der Waals surface area contributed by atoms with E-state index in [1.807, 2.05) is 36.5 Å². The number of aromatic nitrogens is 5. The lowest BCUT2D eigenvalue weighted by molar-refractivity contribution is 0.216. The number of ether oxygens (including phenoxy) is 2. The molecule has 0 fully saturated rings. The molecule has 162 valence electrons. The van der Waals surface area contributed by atoms with Crippen LogP contribution in [0.15, 0.2) is 55.1 Å². The molecule has 1 aromatic carbocycles.